The zero-order valence-corrected chi connectivity index (χ0v) is 11.6. The van der Waals surface area contributed by atoms with E-state index in [1.807, 2.05) is 10.7 Å². The number of methoxy groups -OCH3 is 1. The Kier molecular flexibility index (Phi) is 4.16. The average molecular weight is 260 g/mol. The Hall–Kier alpha value is -1.88. The highest BCUT2D eigenvalue weighted by Crippen LogP contribution is 2.23. The average Bonchev–Trinajstić information content (AvgIpc) is 2.89. The van der Waals surface area contributed by atoms with Crippen LogP contribution >= 0.6 is 0 Å². The number of nitrogens with two attached hydrogens (primary N) is 1. The molecule has 0 spiro atoms. The quantitative estimate of drug-likeness (QED) is 0.892. The minimum absolute atomic E-state index is 0.240. The summed E-state index contributed by atoms with van der Waals surface area (Å²) in [6.07, 6.45) is 4.35. The number of hydrogen-bond acceptors (Lipinski definition) is 4. The lowest BCUT2D eigenvalue weighted by Gasteiger charge is -2.14. The molecule has 19 heavy (non-hydrogen) atoms. The van der Waals surface area contributed by atoms with Gasteiger partial charge in [0.05, 0.1) is 30.7 Å². The molecule has 0 aliphatic rings. The van der Waals surface area contributed by atoms with Gasteiger partial charge in [-0.1, -0.05) is 6.92 Å². The van der Waals surface area contributed by atoms with Crippen molar-refractivity contribution in [1.82, 2.24) is 14.8 Å². The van der Waals surface area contributed by atoms with Crippen molar-refractivity contribution in [2.24, 2.45) is 5.73 Å². The SMILES string of the molecule is CCc1cc(C(N)c2cncc(OC)c2)n(CC)n1. The van der Waals surface area contributed by atoms with Crippen molar-refractivity contribution in [2.75, 3.05) is 7.11 Å². The summed E-state index contributed by atoms with van der Waals surface area (Å²) in [5.74, 6) is 0.714. The molecule has 0 aliphatic heterocycles. The predicted octanol–water partition coefficient (Wildman–Crippen LogP) is 1.92. The van der Waals surface area contributed by atoms with Gasteiger partial charge in [0.1, 0.15) is 5.75 Å². The summed E-state index contributed by atoms with van der Waals surface area (Å²) >= 11 is 0. The van der Waals surface area contributed by atoms with E-state index in [0.29, 0.717) is 5.75 Å². The van der Waals surface area contributed by atoms with Gasteiger partial charge in [0.25, 0.3) is 0 Å². The third-order valence-electron chi connectivity index (χ3n) is 3.17. The first-order valence-corrected chi connectivity index (χ1v) is 6.50. The molecule has 2 N–H and O–H groups in total. The Labute approximate surface area is 113 Å². The Morgan fingerprint density at radius 3 is 2.74 bits per heavy atom. The highest BCUT2D eigenvalue weighted by molar-refractivity contribution is 5.31. The molecule has 2 rings (SSSR count). The normalized spacial score (nSPS) is 12.4. The van der Waals surface area contributed by atoms with E-state index in [1.54, 1.807) is 19.5 Å². The smallest absolute Gasteiger partial charge is 0.137 e. The van der Waals surface area contributed by atoms with Gasteiger partial charge in [-0.2, -0.15) is 5.10 Å². The summed E-state index contributed by atoms with van der Waals surface area (Å²) < 4.78 is 7.13. The van der Waals surface area contributed by atoms with E-state index >= 15 is 0 Å². The van der Waals surface area contributed by atoms with Crippen LogP contribution in [0.5, 0.6) is 5.75 Å². The van der Waals surface area contributed by atoms with Crippen molar-refractivity contribution in [3.05, 3.63) is 41.5 Å². The fourth-order valence-electron chi connectivity index (χ4n) is 2.05. The summed E-state index contributed by atoms with van der Waals surface area (Å²) in [4.78, 5) is 4.15. The molecule has 102 valence electrons. The Morgan fingerprint density at radius 1 is 1.32 bits per heavy atom. The third kappa shape index (κ3) is 2.76. The molecule has 1 atom stereocenters. The Morgan fingerprint density at radius 2 is 2.11 bits per heavy atom. The van der Waals surface area contributed by atoms with Gasteiger partial charge >= 0.3 is 0 Å². The molecule has 0 bridgehead atoms. The summed E-state index contributed by atoms with van der Waals surface area (Å²) in [6.45, 7) is 4.96. The minimum atomic E-state index is -0.240. The molecule has 5 nitrogen and oxygen atoms in total. The summed E-state index contributed by atoms with van der Waals surface area (Å²) in [6, 6.07) is 3.74. The van der Waals surface area contributed by atoms with Crippen LogP contribution in [-0.4, -0.2) is 21.9 Å². The van der Waals surface area contributed by atoms with Gasteiger partial charge in [-0.3, -0.25) is 9.67 Å². The van der Waals surface area contributed by atoms with E-state index < -0.39 is 0 Å². The molecule has 0 amide bonds. The molecule has 0 aromatic carbocycles. The van der Waals surface area contributed by atoms with Crippen LogP contribution < -0.4 is 10.5 Å². The maximum atomic E-state index is 6.33. The van der Waals surface area contributed by atoms with Crippen LogP contribution in [-0.2, 0) is 13.0 Å². The first kappa shape index (κ1) is 13.5. The molecule has 0 fully saturated rings. The second kappa shape index (κ2) is 5.84. The lowest BCUT2D eigenvalue weighted by Crippen LogP contribution is -2.17. The van der Waals surface area contributed by atoms with Crippen molar-refractivity contribution in [1.29, 1.82) is 0 Å². The van der Waals surface area contributed by atoms with Crippen LogP contribution in [0, 0.1) is 0 Å². The van der Waals surface area contributed by atoms with E-state index in [2.05, 4.69) is 30.0 Å². The number of pyridine rings is 1. The molecule has 1 unspecified atom stereocenters. The largest absolute Gasteiger partial charge is 0.495 e. The third-order valence-corrected chi connectivity index (χ3v) is 3.17. The van der Waals surface area contributed by atoms with E-state index in [-0.39, 0.29) is 6.04 Å². The van der Waals surface area contributed by atoms with Crippen LogP contribution in [0.1, 0.15) is 36.8 Å². The highest BCUT2D eigenvalue weighted by Gasteiger charge is 2.16. The number of aromatic nitrogens is 3. The van der Waals surface area contributed by atoms with Gasteiger partial charge in [-0.05, 0) is 31.0 Å². The maximum Gasteiger partial charge on any atom is 0.137 e. The molecule has 2 aromatic heterocycles. The Bertz CT molecular complexity index is 550. The first-order valence-electron chi connectivity index (χ1n) is 6.50. The number of hydrogen-bond donors (Lipinski definition) is 1. The predicted molar refractivity (Wildman–Crippen MR) is 74.1 cm³/mol. The van der Waals surface area contributed by atoms with Gasteiger partial charge in [-0.25, -0.2) is 0 Å². The zero-order valence-electron chi connectivity index (χ0n) is 11.6. The van der Waals surface area contributed by atoms with Crippen LogP contribution in [0.15, 0.2) is 24.5 Å². The lowest BCUT2D eigenvalue weighted by atomic mass is 10.1. The fraction of sp³-hybridized carbons (Fsp3) is 0.429. The van der Waals surface area contributed by atoms with E-state index in [9.17, 15) is 0 Å². The fourth-order valence-corrected chi connectivity index (χ4v) is 2.05. The molecule has 5 heteroatoms. The van der Waals surface area contributed by atoms with E-state index in [1.165, 1.54) is 0 Å². The molecule has 0 radical (unpaired) electrons. The summed E-state index contributed by atoms with van der Waals surface area (Å²) in [5.41, 5.74) is 9.32. The monoisotopic (exact) mass is 260 g/mol. The van der Waals surface area contributed by atoms with Crippen molar-refractivity contribution < 1.29 is 4.74 Å². The second-order valence-corrected chi connectivity index (χ2v) is 4.37. The molecule has 2 aromatic rings. The van der Waals surface area contributed by atoms with Crippen molar-refractivity contribution in [2.45, 2.75) is 32.9 Å². The molecule has 2 heterocycles. The van der Waals surface area contributed by atoms with Crippen LogP contribution in [0.4, 0.5) is 0 Å². The van der Waals surface area contributed by atoms with E-state index in [4.69, 9.17) is 10.5 Å². The van der Waals surface area contributed by atoms with E-state index in [0.717, 1.165) is 29.9 Å². The molecule has 0 saturated carbocycles. The van der Waals surface area contributed by atoms with Gasteiger partial charge in [0.15, 0.2) is 0 Å². The van der Waals surface area contributed by atoms with Crippen LogP contribution in [0.25, 0.3) is 0 Å². The first-order chi connectivity index (χ1) is 9.19. The van der Waals surface area contributed by atoms with Crippen molar-refractivity contribution in [3.8, 4) is 5.75 Å². The molecular weight excluding hydrogens is 240 g/mol. The standard InChI is InChI=1S/C14H20N4O/c1-4-11-7-13(18(5-2)17-11)14(15)10-6-12(19-3)9-16-8-10/h6-9,14H,4-5,15H2,1-3H3. The number of ether oxygens (including phenoxy) is 1. The number of rotatable bonds is 5. The Balaban J connectivity index is 2.36. The lowest BCUT2D eigenvalue weighted by molar-refractivity contribution is 0.412. The summed E-state index contributed by atoms with van der Waals surface area (Å²) in [5, 5.41) is 4.52. The number of nitrogens with zero attached hydrogens (tertiary/aromatic N) is 3. The molecule has 0 aliphatic carbocycles. The minimum Gasteiger partial charge on any atom is -0.495 e. The molecule has 0 saturated heterocycles. The molecular formula is C14H20N4O. The van der Waals surface area contributed by atoms with Crippen LogP contribution in [0.3, 0.4) is 0 Å². The van der Waals surface area contributed by atoms with Crippen molar-refractivity contribution >= 4 is 0 Å². The number of aryl methyl sites for hydroxylation is 2. The second-order valence-electron chi connectivity index (χ2n) is 4.37. The van der Waals surface area contributed by atoms with Gasteiger partial charge < -0.3 is 10.5 Å². The zero-order chi connectivity index (χ0) is 13.8. The van der Waals surface area contributed by atoms with Gasteiger partial charge in [-0.15, -0.1) is 0 Å². The van der Waals surface area contributed by atoms with Gasteiger partial charge in [0.2, 0.25) is 0 Å². The highest BCUT2D eigenvalue weighted by atomic mass is 16.5. The van der Waals surface area contributed by atoms with Crippen molar-refractivity contribution in [3.63, 3.8) is 0 Å². The topological polar surface area (TPSA) is 66.0 Å². The summed E-state index contributed by atoms with van der Waals surface area (Å²) in [7, 11) is 1.62. The van der Waals surface area contributed by atoms with Crippen LogP contribution in [0.2, 0.25) is 0 Å². The van der Waals surface area contributed by atoms with Gasteiger partial charge in [0, 0.05) is 12.7 Å². The maximum absolute atomic E-state index is 6.33.